The molecule has 1 unspecified atom stereocenters. The summed E-state index contributed by atoms with van der Waals surface area (Å²) < 4.78 is 18.0. The van der Waals surface area contributed by atoms with Gasteiger partial charge in [-0.3, -0.25) is 24.3 Å². The maximum atomic E-state index is 13.1. The Morgan fingerprint density at radius 2 is 1.94 bits per heavy atom. The van der Waals surface area contributed by atoms with Crippen LogP contribution >= 0.6 is 0 Å². The van der Waals surface area contributed by atoms with E-state index in [0.717, 1.165) is 11.9 Å². The lowest BCUT2D eigenvalue weighted by atomic mass is 10.0. The summed E-state index contributed by atoms with van der Waals surface area (Å²) in [5.41, 5.74) is 2.03. The minimum Gasteiger partial charge on any atom is -0.466 e. The summed E-state index contributed by atoms with van der Waals surface area (Å²) in [4.78, 5) is 37.7. The molecule has 1 fully saturated rings. The van der Waals surface area contributed by atoms with Crippen molar-refractivity contribution in [2.24, 2.45) is 11.0 Å². The van der Waals surface area contributed by atoms with Crippen molar-refractivity contribution in [2.75, 3.05) is 39.8 Å². The molecular formula is C23H39FN4O4. The zero-order valence-corrected chi connectivity index (χ0v) is 20.3. The number of carbonyl (C=O) groups excluding carboxylic acids is 3. The van der Waals surface area contributed by atoms with E-state index in [-0.39, 0.29) is 30.8 Å². The Hall–Kier alpha value is -2.29. The Bertz CT molecular complexity index is 702. The predicted molar refractivity (Wildman–Crippen MR) is 123 cm³/mol. The zero-order valence-electron chi connectivity index (χ0n) is 20.3. The lowest BCUT2D eigenvalue weighted by molar-refractivity contribution is -0.143. The Morgan fingerprint density at radius 3 is 2.47 bits per heavy atom. The number of nitrogens with one attached hydrogen (secondary N) is 1. The number of allylic oxidation sites excluding steroid dienone is 2. The molecule has 32 heavy (non-hydrogen) atoms. The molecule has 0 spiro atoms. The standard InChI is InChI=1S/C23H39FN4O4/c1-7-32-22(30)8-10-25-23(31)21(12-16(2)3)27(6)26-20(18(5)17(4)15-29)9-11-28-13-19(24)14-28/h15-16,19,21H,7-14H2,1-6H3,(H,25,31)/b18-17-,26-20-. The van der Waals surface area contributed by atoms with Crippen molar-refractivity contribution in [3.05, 3.63) is 11.1 Å². The van der Waals surface area contributed by atoms with Crippen LogP contribution in [0, 0.1) is 5.92 Å². The number of nitrogens with zero attached hydrogens (tertiary/aromatic N) is 3. The summed E-state index contributed by atoms with van der Waals surface area (Å²) in [6, 6.07) is -0.532. The van der Waals surface area contributed by atoms with E-state index in [9.17, 15) is 18.8 Å². The van der Waals surface area contributed by atoms with Crippen LogP contribution in [0.15, 0.2) is 16.2 Å². The molecule has 0 aromatic rings. The molecule has 1 rings (SSSR count). The molecule has 0 saturated carbocycles. The highest BCUT2D eigenvalue weighted by atomic mass is 19.1. The highest BCUT2D eigenvalue weighted by Gasteiger charge is 2.27. The maximum Gasteiger partial charge on any atom is 0.307 e. The third kappa shape index (κ3) is 9.46. The second-order valence-electron chi connectivity index (χ2n) is 8.64. The van der Waals surface area contributed by atoms with Crippen LogP contribution in [0.1, 0.15) is 53.9 Å². The zero-order chi connectivity index (χ0) is 24.3. The Kier molecular flexibility index (Phi) is 12.1. The number of halogens is 1. The fourth-order valence-electron chi connectivity index (χ4n) is 3.36. The van der Waals surface area contributed by atoms with Crippen LogP contribution in [0.4, 0.5) is 4.39 Å². The first-order valence-corrected chi connectivity index (χ1v) is 11.3. The molecular weight excluding hydrogens is 415 g/mol. The van der Waals surface area contributed by atoms with Gasteiger partial charge in [0.2, 0.25) is 5.91 Å². The van der Waals surface area contributed by atoms with E-state index in [2.05, 4.69) is 5.32 Å². The van der Waals surface area contributed by atoms with E-state index in [1.807, 2.05) is 25.7 Å². The van der Waals surface area contributed by atoms with E-state index >= 15 is 0 Å². The van der Waals surface area contributed by atoms with Crippen LogP contribution < -0.4 is 5.32 Å². The van der Waals surface area contributed by atoms with Gasteiger partial charge < -0.3 is 10.1 Å². The van der Waals surface area contributed by atoms with E-state index in [1.54, 1.807) is 25.9 Å². The number of carbonyl (C=O) groups is 3. The number of likely N-dealkylation sites (N-methyl/N-ethyl adjacent to an activating group) is 1. The largest absolute Gasteiger partial charge is 0.466 e. The van der Waals surface area contributed by atoms with Crippen LogP contribution in [0.2, 0.25) is 0 Å². The molecule has 0 aliphatic carbocycles. The van der Waals surface area contributed by atoms with Crippen LogP contribution in [-0.2, 0) is 19.1 Å². The van der Waals surface area contributed by atoms with Crippen molar-refractivity contribution in [1.82, 2.24) is 15.2 Å². The summed E-state index contributed by atoms with van der Waals surface area (Å²) in [5, 5.41) is 9.13. The highest BCUT2D eigenvalue weighted by Crippen LogP contribution is 2.17. The van der Waals surface area contributed by atoms with Crippen LogP contribution in [0.25, 0.3) is 0 Å². The molecule has 182 valence electrons. The van der Waals surface area contributed by atoms with Gasteiger partial charge >= 0.3 is 5.97 Å². The number of hydrogen-bond donors (Lipinski definition) is 1. The molecule has 9 heteroatoms. The number of rotatable bonds is 14. The van der Waals surface area contributed by atoms with Crippen molar-refractivity contribution in [3.8, 4) is 0 Å². The summed E-state index contributed by atoms with van der Waals surface area (Å²) in [6.07, 6.45) is 1.24. The summed E-state index contributed by atoms with van der Waals surface area (Å²) >= 11 is 0. The molecule has 1 aliphatic heterocycles. The van der Waals surface area contributed by atoms with E-state index in [1.165, 1.54) is 0 Å². The topological polar surface area (TPSA) is 91.3 Å². The molecule has 0 aromatic heterocycles. The first-order chi connectivity index (χ1) is 15.1. The highest BCUT2D eigenvalue weighted by molar-refractivity contribution is 6.03. The number of likely N-dealkylation sites (tertiary alicyclic amines) is 1. The SMILES string of the molecule is CCOC(=O)CCNC(=O)C(CC(C)C)N(C)/N=C(CCN1CC(F)C1)\C(C)=C(\C)C=O. The molecule has 1 saturated heterocycles. The molecule has 1 N–H and O–H groups in total. The van der Waals surface area contributed by atoms with Crippen molar-refractivity contribution in [2.45, 2.75) is 66.1 Å². The average molecular weight is 455 g/mol. The summed E-state index contributed by atoms with van der Waals surface area (Å²) in [5.74, 6) is -0.327. The first-order valence-electron chi connectivity index (χ1n) is 11.3. The smallest absolute Gasteiger partial charge is 0.307 e. The van der Waals surface area contributed by atoms with Crippen molar-refractivity contribution < 1.29 is 23.5 Å². The average Bonchev–Trinajstić information content (AvgIpc) is 2.71. The van der Waals surface area contributed by atoms with Gasteiger partial charge in [0, 0.05) is 39.6 Å². The first kappa shape index (κ1) is 27.7. The van der Waals surface area contributed by atoms with Gasteiger partial charge in [-0.2, -0.15) is 5.10 Å². The third-order valence-electron chi connectivity index (χ3n) is 5.44. The molecule has 8 nitrogen and oxygen atoms in total. The fourth-order valence-corrected chi connectivity index (χ4v) is 3.36. The second-order valence-corrected chi connectivity index (χ2v) is 8.64. The molecule has 0 bridgehead atoms. The summed E-state index contributed by atoms with van der Waals surface area (Å²) in [6.45, 7) is 11.3. The third-order valence-corrected chi connectivity index (χ3v) is 5.44. The minimum atomic E-state index is -0.778. The molecule has 1 atom stereocenters. The lowest BCUT2D eigenvalue weighted by Crippen LogP contribution is -2.49. The Balaban J connectivity index is 2.94. The number of hydrogen-bond acceptors (Lipinski definition) is 7. The molecule has 1 aliphatic rings. The number of aldehydes is 1. The van der Waals surface area contributed by atoms with Gasteiger partial charge in [0.1, 0.15) is 18.5 Å². The van der Waals surface area contributed by atoms with Gasteiger partial charge in [-0.15, -0.1) is 0 Å². The van der Waals surface area contributed by atoms with Crippen LogP contribution in [-0.4, -0.2) is 85.8 Å². The van der Waals surface area contributed by atoms with Gasteiger partial charge in [-0.05, 0) is 44.3 Å². The number of alkyl halides is 1. The fraction of sp³-hybridized carbons (Fsp3) is 0.739. The lowest BCUT2D eigenvalue weighted by Gasteiger charge is -2.34. The van der Waals surface area contributed by atoms with Crippen molar-refractivity contribution in [1.29, 1.82) is 0 Å². The van der Waals surface area contributed by atoms with Crippen molar-refractivity contribution in [3.63, 3.8) is 0 Å². The maximum absolute atomic E-state index is 13.1. The van der Waals surface area contributed by atoms with Gasteiger partial charge in [-0.1, -0.05) is 13.8 Å². The Morgan fingerprint density at radius 1 is 1.28 bits per heavy atom. The van der Waals surface area contributed by atoms with Crippen LogP contribution in [0.5, 0.6) is 0 Å². The second kappa shape index (κ2) is 14.0. The Labute approximate surface area is 191 Å². The molecule has 1 amide bonds. The molecule has 0 radical (unpaired) electrons. The number of ether oxygens (including phenoxy) is 1. The van der Waals surface area contributed by atoms with Crippen molar-refractivity contribution >= 4 is 23.9 Å². The monoisotopic (exact) mass is 454 g/mol. The van der Waals surface area contributed by atoms with Gasteiger partial charge in [0.15, 0.2) is 0 Å². The van der Waals surface area contributed by atoms with E-state index < -0.39 is 12.2 Å². The van der Waals surface area contributed by atoms with E-state index in [4.69, 9.17) is 9.84 Å². The number of amides is 1. The predicted octanol–water partition coefficient (Wildman–Crippen LogP) is 2.34. The van der Waals surface area contributed by atoms with Gasteiger partial charge in [0.05, 0.1) is 18.7 Å². The minimum absolute atomic E-state index is 0.109. The summed E-state index contributed by atoms with van der Waals surface area (Å²) in [7, 11) is 1.74. The quantitative estimate of drug-likeness (QED) is 0.142. The molecule has 0 aromatic carbocycles. The number of hydrazone groups is 1. The number of esters is 1. The van der Waals surface area contributed by atoms with Crippen LogP contribution in [0.3, 0.4) is 0 Å². The normalized spacial score (nSPS) is 16.8. The van der Waals surface area contributed by atoms with Gasteiger partial charge in [-0.25, -0.2) is 4.39 Å². The van der Waals surface area contributed by atoms with Gasteiger partial charge in [0.25, 0.3) is 0 Å². The van der Waals surface area contributed by atoms with E-state index in [0.29, 0.717) is 50.4 Å². The molecule has 1 heterocycles.